The Morgan fingerprint density at radius 2 is 1.45 bits per heavy atom. The van der Waals surface area contributed by atoms with Crippen molar-refractivity contribution >= 4 is 0 Å². The lowest BCUT2D eigenvalue weighted by molar-refractivity contribution is 0.289. The maximum Gasteiger partial charge on any atom is 0.123 e. The molecule has 0 fully saturated rings. The van der Waals surface area contributed by atoms with E-state index in [-0.39, 0.29) is 5.82 Å². The fraction of sp³-hybridized carbons (Fsp3) is 0.368. The first kappa shape index (κ1) is 16.5. The Labute approximate surface area is 132 Å². The van der Waals surface area contributed by atoms with E-state index in [9.17, 15) is 4.39 Å². The number of rotatable bonds is 8. The summed E-state index contributed by atoms with van der Waals surface area (Å²) < 4.78 is 18.5. The van der Waals surface area contributed by atoms with Crippen molar-refractivity contribution in [3.8, 4) is 5.75 Å². The minimum atomic E-state index is -0.197. The highest BCUT2D eigenvalue weighted by molar-refractivity contribution is 5.27. The Bertz CT molecular complexity index is 549. The molecule has 0 amide bonds. The van der Waals surface area contributed by atoms with Gasteiger partial charge in [0.15, 0.2) is 0 Å². The van der Waals surface area contributed by atoms with E-state index in [1.165, 1.54) is 17.7 Å². The molecule has 0 radical (unpaired) electrons. The highest BCUT2D eigenvalue weighted by Crippen LogP contribution is 2.13. The number of ether oxygens (including phenoxy) is 1. The average Bonchev–Trinajstić information content (AvgIpc) is 2.50. The second-order valence-electron chi connectivity index (χ2n) is 5.90. The van der Waals surface area contributed by atoms with E-state index < -0.39 is 0 Å². The fourth-order valence-electron chi connectivity index (χ4n) is 2.07. The summed E-state index contributed by atoms with van der Waals surface area (Å²) in [5, 5.41) is 3.35. The summed E-state index contributed by atoms with van der Waals surface area (Å²) in [6.07, 6.45) is 1.07. The third kappa shape index (κ3) is 5.86. The lowest BCUT2D eigenvalue weighted by Gasteiger charge is -2.09. The van der Waals surface area contributed by atoms with Crippen LogP contribution in [0.25, 0.3) is 0 Å². The first-order chi connectivity index (χ1) is 10.6. The highest BCUT2D eigenvalue weighted by atomic mass is 19.1. The van der Waals surface area contributed by atoms with Crippen LogP contribution in [0.15, 0.2) is 48.5 Å². The molecule has 22 heavy (non-hydrogen) atoms. The van der Waals surface area contributed by atoms with Crippen LogP contribution in [0.1, 0.15) is 31.4 Å². The van der Waals surface area contributed by atoms with E-state index in [1.807, 2.05) is 12.1 Å². The van der Waals surface area contributed by atoms with Gasteiger partial charge in [-0.3, -0.25) is 0 Å². The molecule has 0 aromatic heterocycles. The molecule has 0 atom stereocenters. The average molecular weight is 301 g/mol. The van der Waals surface area contributed by atoms with Crippen molar-refractivity contribution in [2.75, 3.05) is 6.61 Å². The van der Waals surface area contributed by atoms with E-state index in [2.05, 4.69) is 31.3 Å². The van der Waals surface area contributed by atoms with E-state index in [1.54, 1.807) is 12.1 Å². The lowest BCUT2D eigenvalue weighted by atomic mass is 10.1. The molecule has 0 saturated carbocycles. The molecule has 1 N–H and O–H groups in total. The summed E-state index contributed by atoms with van der Waals surface area (Å²) in [7, 11) is 0. The first-order valence-electron chi connectivity index (χ1n) is 7.80. The van der Waals surface area contributed by atoms with Crippen molar-refractivity contribution in [2.45, 2.75) is 33.4 Å². The quantitative estimate of drug-likeness (QED) is 0.773. The van der Waals surface area contributed by atoms with Gasteiger partial charge in [-0.1, -0.05) is 38.1 Å². The van der Waals surface area contributed by atoms with Crippen LogP contribution in [-0.4, -0.2) is 6.61 Å². The van der Waals surface area contributed by atoms with Crippen molar-refractivity contribution in [3.63, 3.8) is 0 Å². The Hall–Kier alpha value is -1.87. The predicted molar refractivity (Wildman–Crippen MR) is 88.3 cm³/mol. The summed E-state index contributed by atoms with van der Waals surface area (Å²) in [4.78, 5) is 0. The Kier molecular flexibility index (Phi) is 6.41. The molecule has 2 aromatic rings. The maximum atomic E-state index is 12.8. The molecule has 0 bridgehead atoms. The molecule has 2 rings (SSSR count). The van der Waals surface area contributed by atoms with Gasteiger partial charge in [-0.2, -0.15) is 0 Å². The fourth-order valence-corrected chi connectivity index (χ4v) is 2.07. The number of hydrogen-bond acceptors (Lipinski definition) is 2. The summed E-state index contributed by atoms with van der Waals surface area (Å²) in [6.45, 7) is 6.66. The third-order valence-electron chi connectivity index (χ3n) is 3.46. The van der Waals surface area contributed by atoms with Gasteiger partial charge < -0.3 is 10.1 Å². The predicted octanol–water partition coefficient (Wildman–Crippen LogP) is 4.54. The molecule has 0 heterocycles. The molecule has 2 aromatic carbocycles. The molecule has 0 aliphatic rings. The molecular weight excluding hydrogens is 277 g/mol. The Morgan fingerprint density at radius 3 is 2.00 bits per heavy atom. The Morgan fingerprint density at radius 1 is 0.909 bits per heavy atom. The molecule has 0 aliphatic carbocycles. The zero-order valence-electron chi connectivity index (χ0n) is 13.3. The van der Waals surface area contributed by atoms with E-state index in [0.717, 1.165) is 37.4 Å². The standard InChI is InChI=1S/C19H24FNO/c1-15(2)11-12-22-19-9-5-17(6-10-19)14-21-13-16-3-7-18(20)8-4-16/h3-10,15,21H,11-14H2,1-2H3. The van der Waals surface area contributed by atoms with Crippen molar-refractivity contribution in [2.24, 2.45) is 5.92 Å². The van der Waals surface area contributed by atoms with Crippen LogP contribution in [0, 0.1) is 11.7 Å². The first-order valence-corrected chi connectivity index (χ1v) is 7.80. The molecular formula is C19H24FNO. The monoisotopic (exact) mass is 301 g/mol. The van der Waals surface area contributed by atoms with Crippen molar-refractivity contribution < 1.29 is 9.13 Å². The highest BCUT2D eigenvalue weighted by Gasteiger charge is 1.99. The number of nitrogens with one attached hydrogen (secondary N) is 1. The van der Waals surface area contributed by atoms with Crippen LogP contribution < -0.4 is 10.1 Å². The summed E-state index contributed by atoms with van der Waals surface area (Å²) >= 11 is 0. The van der Waals surface area contributed by atoms with Gasteiger partial charge >= 0.3 is 0 Å². The van der Waals surface area contributed by atoms with E-state index in [0.29, 0.717) is 5.92 Å². The zero-order valence-corrected chi connectivity index (χ0v) is 13.3. The van der Waals surface area contributed by atoms with E-state index in [4.69, 9.17) is 4.74 Å². The van der Waals surface area contributed by atoms with Crippen LogP contribution in [0.2, 0.25) is 0 Å². The SMILES string of the molecule is CC(C)CCOc1ccc(CNCc2ccc(F)cc2)cc1. The summed E-state index contributed by atoms with van der Waals surface area (Å²) in [5.74, 6) is 1.38. The van der Waals surface area contributed by atoms with Gasteiger partial charge in [0, 0.05) is 13.1 Å². The van der Waals surface area contributed by atoms with Gasteiger partial charge in [0.25, 0.3) is 0 Å². The van der Waals surface area contributed by atoms with Crippen molar-refractivity contribution in [3.05, 3.63) is 65.5 Å². The second kappa shape index (κ2) is 8.54. The molecule has 0 spiro atoms. The normalized spacial score (nSPS) is 10.9. The summed E-state index contributed by atoms with van der Waals surface area (Å²) in [6, 6.07) is 14.7. The number of hydrogen-bond donors (Lipinski definition) is 1. The lowest BCUT2D eigenvalue weighted by Crippen LogP contribution is -2.12. The largest absolute Gasteiger partial charge is 0.494 e. The molecule has 0 unspecified atom stereocenters. The van der Waals surface area contributed by atoms with Crippen molar-refractivity contribution in [1.29, 1.82) is 0 Å². The number of halogens is 1. The van der Waals surface area contributed by atoms with Crippen LogP contribution in [0.3, 0.4) is 0 Å². The minimum Gasteiger partial charge on any atom is -0.494 e. The smallest absolute Gasteiger partial charge is 0.123 e. The molecule has 2 nitrogen and oxygen atoms in total. The zero-order chi connectivity index (χ0) is 15.8. The van der Waals surface area contributed by atoms with Crippen molar-refractivity contribution in [1.82, 2.24) is 5.32 Å². The van der Waals surface area contributed by atoms with Crippen LogP contribution in [-0.2, 0) is 13.1 Å². The van der Waals surface area contributed by atoms with Crippen LogP contribution >= 0.6 is 0 Å². The van der Waals surface area contributed by atoms with E-state index >= 15 is 0 Å². The molecule has 118 valence electrons. The minimum absolute atomic E-state index is 0.197. The van der Waals surface area contributed by atoms with Gasteiger partial charge in [0.1, 0.15) is 11.6 Å². The molecule has 0 aliphatic heterocycles. The number of benzene rings is 2. The van der Waals surface area contributed by atoms with Gasteiger partial charge in [-0.25, -0.2) is 4.39 Å². The van der Waals surface area contributed by atoms with Gasteiger partial charge in [-0.05, 0) is 47.7 Å². The molecule has 3 heteroatoms. The van der Waals surface area contributed by atoms with Crippen LogP contribution in [0.4, 0.5) is 4.39 Å². The van der Waals surface area contributed by atoms with Gasteiger partial charge in [0.05, 0.1) is 6.61 Å². The van der Waals surface area contributed by atoms with Gasteiger partial charge in [0.2, 0.25) is 0 Å². The summed E-state index contributed by atoms with van der Waals surface area (Å²) in [5.41, 5.74) is 2.29. The van der Waals surface area contributed by atoms with Gasteiger partial charge in [-0.15, -0.1) is 0 Å². The maximum absolute atomic E-state index is 12.8. The Balaban J connectivity index is 1.73. The molecule has 0 saturated heterocycles. The second-order valence-corrected chi connectivity index (χ2v) is 5.90. The van der Waals surface area contributed by atoms with Crippen LogP contribution in [0.5, 0.6) is 5.75 Å². The topological polar surface area (TPSA) is 21.3 Å². The third-order valence-corrected chi connectivity index (χ3v) is 3.46.